The molecule has 9 nitrogen and oxygen atoms in total. The van der Waals surface area contributed by atoms with Crippen LogP contribution in [0.5, 0.6) is 0 Å². The van der Waals surface area contributed by atoms with Gasteiger partial charge in [-0.25, -0.2) is 9.97 Å². The van der Waals surface area contributed by atoms with E-state index in [-0.39, 0.29) is 5.56 Å². The lowest BCUT2D eigenvalue weighted by Crippen LogP contribution is -2.20. The molecule has 1 fully saturated rings. The lowest BCUT2D eigenvalue weighted by Gasteiger charge is -2.15. The smallest absolute Gasteiger partial charge is 0.274 e. The number of nitrogens with zero attached hydrogens (tertiary/aromatic N) is 5. The summed E-state index contributed by atoms with van der Waals surface area (Å²) in [6.45, 7) is 4.26. The number of allylic oxidation sites excluding steroid dienone is 1. The molecule has 0 amide bonds. The van der Waals surface area contributed by atoms with Gasteiger partial charge >= 0.3 is 0 Å². The normalized spacial score (nSPS) is 15.2. The maximum Gasteiger partial charge on any atom is 0.274 e. The van der Waals surface area contributed by atoms with Crippen molar-refractivity contribution in [3.8, 4) is 22.6 Å². The number of H-pyrrole nitrogens is 1. The number of fused-ring (bicyclic) bond motifs is 2. The number of thiol groups is 1. The highest BCUT2D eigenvalue weighted by molar-refractivity contribution is 7.75. The van der Waals surface area contributed by atoms with Crippen LogP contribution in [0.2, 0.25) is 0 Å². The third-order valence-electron chi connectivity index (χ3n) is 6.75. The van der Waals surface area contributed by atoms with Gasteiger partial charge in [0.1, 0.15) is 5.52 Å². The molecule has 5 aromatic heterocycles. The molecule has 1 unspecified atom stereocenters. The third kappa shape index (κ3) is 3.53. The molecule has 36 heavy (non-hydrogen) atoms. The van der Waals surface area contributed by atoms with Crippen molar-refractivity contribution >= 4 is 32.4 Å². The Kier molecular flexibility index (Phi) is 5.26. The van der Waals surface area contributed by atoms with E-state index >= 15 is 0 Å². The Morgan fingerprint density at radius 1 is 1.17 bits per heavy atom. The van der Waals surface area contributed by atoms with E-state index in [9.17, 15) is 9.00 Å². The van der Waals surface area contributed by atoms with Gasteiger partial charge in [0.15, 0.2) is 5.82 Å². The highest BCUT2D eigenvalue weighted by Crippen LogP contribution is 2.49. The van der Waals surface area contributed by atoms with E-state index in [1.165, 1.54) is 0 Å². The largest absolute Gasteiger partial charge is 0.357 e. The minimum atomic E-state index is -2.24. The van der Waals surface area contributed by atoms with E-state index in [0.29, 0.717) is 48.5 Å². The predicted molar refractivity (Wildman–Crippen MR) is 140 cm³/mol. The van der Waals surface area contributed by atoms with Crippen molar-refractivity contribution in [3.05, 3.63) is 84.0 Å². The lowest BCUT2D eigenvalue weighted by molar-refractivity contribution is 0.673. The highest BCUT2D eigenvalue weighted by atomic mass is 32.2. The van der Waals surface area contributed by atoms with E-state index in [1.807, 2.05) is 30.5 Å². The Bertz CT molecular complexity index is 1780. The Labute approximate surface area is 208 Å². The molecule has 10 heteroatoms. The molecule has 1 aliphatic carbocycles. The Morgan fingerprint density at radius 3 is 2.81 bits per heavy atom. The zero-order valence-electron chi connectivity index (χ0n) is 19.3. The molecule has 1 saturated carbocycles. The molecule has 0 saturated heterocycles. The van der Waals surface area contributed by atoms with Crippen molar-refractivity contribution < 1.29 is 4.21 Å². The summed E-state index contributed by atoms with van der Waals surface area (Å²) in [6.07, 6.45) is 12.3. The molecule has 0 aliphatic heterocycles. The van der Waals surface area contributed by atoms with Crippen LogP contribution in [-0.2, 0) is 21.9 Å². The van der Waals surface area contributed by atoms with E-state index in [4.69, 9.17) is 14.7 Å². The van der Waals surface area contributed by atoms with E-state index in [2.05, 4.69) is 21.5 Å². The second-order valence-corrected chi connectivity index (χ2v) is 10.4. The number of hydrogen-bond acceptors (Lipinski definition) is 7. The predicted octanol–water partition coefficient (Wildman–Crippen LogP) is 4.21. The van der Waals surface area contributed by atoms with Crippen LogP contribution in [0.3, 0.4) is 0 Å². The number of nitrogens with one attached hydrogen (secondary N) is 2. The van der Waals surface area contributed by atoms with Crippen LogP contribution < -0.4 is 5.56 Å². The average Bonchev–Trinajstić information content (AvgIpc) is 3.58. The fourth-order valence-corrected chi connectivity index (χ4v) is 5.45. The molecule has 1 aliphatic rings. The minimum absolute atomic E-state index is 0.116. The third-order valence-corrected chi connectivity index (χ3v) is 8.20. The summed E-state index contributed by atoms with van der Waals surface area (Å²) >= 11 is 0. The molecule has 1 atom stereocenters. The van der Waals surface area contributed by atoms with Gasteiger partial charge in [-0.1, -0.05) is 6.08 Å². The first-order valence-corrected chi connectivity index (χ1v) is 12.9. The van der Waals surface area contributed by atoms with Crippen molar-refractivity contribution in [2.75, 3.05) is 0 Å². The van der Waals surface area contributed by atoms with Crippen LogP contribution >= 0.6 is 0 Å². The van der Waals surface area contributed by atoms with Crippen LogP contribution in [0.1, 0.15) is 25.0 Å². The van der Waals surface area contributed by atoms with Gasteiger partial charge in [0.05, 0.1) is 21.7 Å². The summed E-state index contributed by atoms with van der Waals surface area (Å²) < 4.78 is 21.4. The molecule has 5 aromatic rings. The van der Waals surface area contributed by atoms with Crippen LogP contribution in [0.4, 0.5) is 0 Å². The molecule has 2 N–H and O–H groups in total. The second kappa shape index (κ2) is 8.49. The first-order chi connectivity index (χ1) is 17.5. The van der Waals surface area contributed by atoms with Crippen LogP contribution in [0.25, 0.3) is 44.5 Å². The molecule has 0 aromatic carbocycles. The number of pyridine rings is 3. The molecular weight excluding hydrogens is 474 g/mol. The Hall–Kier alpha value is -4.18. The minimum Gasteiger partial charge on any atom is -0.357 e. The maximum absolute atomic E-state index is 13.0. The average molecular weight is 498 g/mol. The van der Waals surface area contributed by atoms with Gasteiger partial charge in [-0.15, -0.1) is 6.58 Å². The lowest BCUT2D eigenvalue weighted by atomic mass is 10.1. The standard InChI is InChI=1S/C26H23N7O2S/c1-2-3-12-33-15-19(16-4-11-30-23(16)25(33)34)21-13-22(26(7-8-26)36(27)35)32-24(31-21)17-5-10-29-20-6-9-28-14-18(17)20/h2,4-6,9-11,13-15,27,30,36H,1,3,7-8,12H2. The van der Waals surface area contributed by atoms with Crippen molar-refractivity contribution in [1.29, 1.82) is 4.78 Å². The van der Waals surface area contributed by atoms with E-state index in [1.54, 1.807) is 35.4 Å². The van der Waals surface area contributed by atoms with Gasteiger partial charge in [-0.2, -0.15) is 0 Å². The van der Waals surface area contributed by atoms with Gasteiger partial charge in [-0.3, -0.25) is 23.8 Å². The van der Waals surface area contributed by atoms with Crippen molar-refractivity contribution in [2.24, 2.45) is 0 Å². The fourth-order valence-electron chi connectivity index (χ4n) is 4.61. The van der Waals surface area contributed by atoms with E-state index < -0.39 is 15.3 Å². The first-order valence-electron chi connectivity index (χ1n) is 11.6. The highest BCUT2D eigenvalue weighted by Gasteiger charge is 2.48. The molecular formula is C26H23N7O2S. The first kappa shape index (κ1) is 22.3. The Balaban J connectivity index is 1.65. The van der Waals surface area contributed by atoms with Crippen molar-refractivity contribution in [1.82, 2.24) is 29.5 Å². The molecule has 180 valence electrons. The number of rotatable bonds is 7. The van der Waals surface area contributed by atoms with Gasteiger partial charge in [0, 0.05) is 70.0 Å². The summed E-state index contributed by atoms with van der Waals surface area (Å²) in [5.41, 5.74) is 3.82. The SMILES string of the molecule is C=CCCn1cc(-c2cc(C3([SH](=N)=O)CC3)nc(-c3ccnc4ccncc34)n2)c2cc[nH]c2c1=O. The summed E-state index contributed by atoms with van der Waals surface area (Å²) in [4.78, 5) is 34.5. The Morgan fingerprint density at radius 2 is 2.03 bits per heavy atom. The van der Waals surface area contributed by atoms with Gasteiger partial charge in [-0.05, 0) is 43.5 Å². The molecule has 0 spiro atoms. The van der Waals surface area contributed by atoms with Crippen LogP contribution in [-0.4, -0.2) is 33.7 Å². The van der Waals surface area contributed by atoms with Crippen molar-refractivity contribution in [2.45, 2.75) is 30.6 Å². The second-order valence-electron chi connectivity index (χ2n) is 8.92. The zero-order chi connectivity index (χ0) is 24.9. The van der Waals surface area contributed by atoms with Crippen LogP contribution in [0, 0.1) is 4.78 Å². The number of aryl methyl sites for hydroxylation is 1. The van der Waals surface area contributed by atoms with Gasteiger partial charge in [0.25, 0.3) is 5.56 Å². The quantitative estimate of drug-likeness (QED) is 0.228. The van der Waals surface area contributed by atoms with E-state index in [0.717, 1.165) is 27.4 Å². The summed E-state index contributed by atoms with van der Waals surface area (Å²) in [5.74, 6) is 0.443. The van der Waals surface area contributed by atoms with Crippen LogP contribution in [0.15, 0.2) is 72.7 Å². The molecule has 0 bridgehead atoms. The summed E-state index contributed by atoms with van der Waals surface area (Å²) in [5, 5.41) is 1.54. The van der Waals surface area contributed by atoms with Gasteiger partial charge < -0.3 is 9.55 Å². The number of hydrogen-bond donors (Lipinski definition) is 3. The van der Waals surface area contributed by atoms with Gasteiger partial charge in [0.2, 0.25) is 0 Å². The topological polar surface area (TPSA) is 130 Å². The fraction of sp³-hybridized carbons (Fsp3) is 0.192. The molecule has 5 heterocycles. The van der Waals surface area contributed by atoms with Crippen molar-refractivity contribution in [3.63, 3.8) is 0 Å². The number of aromatic amines is 1. The monoisotopic (exact) mass is 497 g/mol. The summed E-state index contributed by atoms with van der Waals surface area (Å²) in [6, 6.07) is 7.34. The summed E-state index contributed by atoms with van der Waals surface area (Å²) in [7, 11) is -2.24. The molecule has 0 radical (unpaired) electrons. The maximum atomic E-state index is 13.0. The molecule has 6 rings (SSSR count). The zero-order valence-corrected chi connectivity index (χ0v) is 20.2. The number of aromatic nitrogens is 6.